The van der Waals surface area contributed by atoms with E-state index in [0.717, 1.165) is 17.3 Å². The van der Waals surface area contributed by atoms with Gasteiger partial charge in [0.1, 0.15) is 15.9 Å². The Morgan fingerprint density at radius 1 is 1.29 bits per heavy atom. The lowest BCUT2D eigenvalue weighted by Crippen LogP contribution is -2.12. The predicted octanol–water partition coefficient (Wildman–Crippen LogP) is 0.647. The molecule has 0 aliphatic rings. The molecule has 14 heavy (non-hydrogen) atoms. The van der Waals surface area contributed by atoms with Crippen LogP contribution in [0.15, 0.2) is 17.0 Å². The summed E-state index contributed by atoms with van der Waals surface area (Å²) < 4.78 is 30.3. The Bertz CT molecular complexity index is 588. The molecule has 2 aromatic rings. The van der Waals surface area contributed by atoms with E-state index in [-0.39, 0.29) is 4.90 Å². The molecule has 0 unspecified atom stereocenters. The summed E-state index contributed by atoms with van der Waals surface area (Å²) in [6.07, 6.45) is 0. The van der Waals surface area contributed by atoms with Crippen LogP contribution >= 0.6 is 11.7 Å². The Morgan fingerprint density at radius 2 is 1.93 bits per heavy atom. The number of hydrogen-bond acceptors (Lipinski definition) is 5. The molecular formula is C7H7N3O2S2. The second-order valence-electron chi connectivity index (χ2n) is 2.89. The molecule has 0 bridgehead atoms. The second kappa shape index (κ2) is 2.97. The fraction of sp³-hybridized carbons (Fsp3) is 0.143. The van der Waals surface area contributed by atoms with Crippen LogP contribution in [0.4, 0.5) is 0 Å². The third-order valence-corrected chi connectivity index (χ3v) is 3.36. The van der Waals surface area contributed by atoms with Crippen LogP contribution in [-0.4, -0.2) is 17.2 Å². The largest absolute Gasteiger partial charge is 0.240 e. The van der Waals surface area contributed by atoms with Gasteiger partial charge in [-0.1, -0.05) is 6.07 Å². The topological polar surface area (TPSA) is 85.9 Å². The number of nitrogens with zero attached hydrogens (tertiary/aromatic N) is 2. The number of rotatable bonds is 1. The predicted molar refractivity (Wildman–Crippen MR) is 53.5 cm³/mol. The maximum atomic E-state index is 11.2. The van der Waals surface area contributed by atoms with Gasteiger partial charge in [-0.05, 0) is 18.6 Å². The van der Waals surface area contributed by atoms with E-state index >= 15 is 0 Å². The Balaban J connectivity index is 2.93. The Labute approximate surface area is 84.9 Å². The third-order valence-electron chi connectivity index (χ3n) is 1.89. The summed E-state index contributed by atoms with van der Waals surface area (Å²) in [5, 5.41) is 5.04. The molecule has 74 valence electrons. The molecule has 0 aliphatic carbocycles. The molecule has 1 aromatic carbocycles. The first-order chi connectivity index (χ1) is 6.50. The lowest BCUT2D eigenvalue weighted by Gasteiger charge is -1.99. The van der Waals surface area contributed by atoms with Crippen LogP contribution in [0.1, 0.15) is 5.56 Å². The van der Waals surface area contributed by atoms with Crippen LogP contribution < -0.4 is 5.14 Å². The summed E-state index contributed by atoms with van der Waals surface area (Å²) in [6.45, 7) is 1.84. The van der Waals surface area contributed by atoms with Crippen molar-refractivity contribution in [2.45, 2.75) is 11.8 Å². The van der Waals surface area contributed by atoms with Gasteiger partial charge in [0.15, 0.2) is 0 Å². The maximum absolute atomic E-state index is 11.2. The molecule has 0 fully saturated rings. The fourth-order valence-electron chi connectivity index (χ4n) is 1.20. The van der Waals surface area contributed by atoms with Gasteiger partial charge in [-0.3, -0.25) is 0 Å². The van der Waals surface area contributed by atoms with Gasteiger partial charge < -0.3 is 0 Å². The number of primary sulfonamides is 1. The number of hydrogen-bond donors (Lipinski definition) is 1. The maximum Gasteiger partial charge on any atom is 0.240 e. The summed E-state index contributed by atoms with van der Waals surface area (Å²) in [6, 6.07) is 3.12. The summed E-state index contributed by atoms with van der Waals surface area (Å²) >= 11 is 0.977. The van der Waals surface area contributed by atoms with Crippen LogP contribution in [0.25, 0.3) is 11.0 Å². The zero-order valence-corrected chi connectivity index (χ0v) is 8.89. The van der Waals surface area contributed by atoms with Crippen LogP contribution in [-0.2, 0) is 10.0 Å². The normalized spacial score (nSPS) is 12.1. The number of nitrogens with two attached hydrogens (primary N) is 1. The van der Waals surface area contributed by atoms with Crippen LogP contribution in [0, 0.1) is 6.92 Å². The van der Waals surface area contributed by atoms with Crippen molar-refractivity contribution in [2.75, 3.05) is 0 Å². The zero-order valence-electron chi connectivity index (χ0n) is 7.26. The van der Waals surface area contributed by atoms with E-state index in [1.54, 1.807) is 6.07 Å². The van der Waals surface area contributed by atoms with Gasteiger partial charge in [-0.2, -0.15) is 8.75 Å². The van der Waals surface area contributed by atoms with Gasteiger partial charge >= 0.3 is 0 Å². The van der Waals surface area contributed by atoms with Gasteiger partial charge in [0.25, 0.3) is 0 Å². The first kappa shape index (κ1) is 9.50. The first-order valence-electron chi connectivity index (χ1n) is 3.75. The van der Waals surface area contributed by atoms with Gasteiger partial charge in [0.05, 0.1) is 11.7 Å². The molecule has 2 N–H and O–H groups in total. The number of benzene rings is 1. The second-order valence-corrected chi connectivity index (χ2v) is 4.95. The van der Waals surface area contributed by atoms with Crippen molar-refractivity contribution in [1.82, 2.24) is 8.75 Å². The highest BCUT2D eigenvalue weighted by molar-refractivity contribution is 7.89. The van der Waals surface area contributed by atoms with Crippen molar-refractivity contribution in [3.8, 4) is 0 Å². The average Bonchev–Trinajstić information content (AvgIpc) is 2.50. The lowest BCUT2D eigenvalue weighted by atomic mass is 10.2. The molecule has 0 saturated heterocycles. The quantitative estimate of drug-likeness (QED) is 0.777. The molecule has 7 heteroatoms. The SMILES string of the molecule is Cc1ccc(S(N)(=O)=O)c2nsnc12. The van der Waals surface area contributed by atoms with E-state index in [1.807, 2.05) is 6.92 Å². The molecule has 0 radical (unpaired) electrons. The minimum atomic E-state index is -3.71. The molecule has 0 amide bonds. The van der Waals surface area contributed by atoms with Crippen molar-refractivity contribution in [2.24, 2.45) is 5.14 Å². The standard InChI is InChI=1S/C7H7N3O2S2/c1-4-2-3-5(14(8,11)12)7-6(4)9-13-10-7/h2-3H,1H3,(H2,8,11,12). The molecular weight excluding hydrogens is 222 g/mol. The first-order valence-corrected chi connectivity index (χ1v) is 6.02. The zero-order chi connectivity index (χ0) is 10.3. The van der Waals surface area contributed by atoms with E-state index in [2.05, 4.69) is 8.75 Å². The van der Waals surface area contributed by atoms with Gasteiger partial charge in [0.2, 0.25) is 10.0 Å². The minimum Gasteiger partial charge on any atom is -0.225 e. The molecule has 1 aromatic heterocycles. The summed E-state index contributed by atoms with van der Waals surface area (Å²) in [5.41, 5.74) is 1.85. The summed E-state index contributed by atoms with van der Waals surface area (Å²) in [5.74, 6) is 0. The number of aromatic nitrogens is 2. The Kier molecular flexibility index (Phi) is 2.02. The monoisotopic (exact) mass is 229 g/mol. The van der Waals surface area contributed by atoms with Gasteiger partial charge in [-0.15, -0.1) is 0 Å². The highest BCUT2D eigenvalue weighted by atomic mass is 32.2. The van der Waals surface area contributed by atoms with Crippen molar-refractivity contribution in [3.05, 3.63) is 17.7 Å². The molecule has 1 heterocycles. The van der Waals surface area contributed by atoms with E-state index in [9.17, 15) is 8.42 Å². The van der Waals surface area contributed by atoms with E-state index in [4.69, 9.17) is 5.14 Å². The third kappa shape index (κ3) is 1.39. The average molecular weight is 229 g/mol. The van der Waals surface area contributed by atoms with E-state index < -0.39 is 10.0 Å². The van der Waals surface area contributed by atoms with Crippen LogP contribution in [0.5, 0.6) is 0 Å². The van der Waals surface area contributed by atoms with Crippen molar-refractivity contribution >= 4 is 32.8 Å². The molecule has 0 aliphatic heterocycles. The van der Waals surface area contributed by atoms with Crippen LogP contribution in [0.2, 0.25) is 0 Å². The lowest BCUT2D eigenvalue weighted by molar-refractivity contribution is 0.598. The number of fused-ring (bicyclic) bond motifs is 1. The van der Waals surface area contributed by atoms with E-state index in [0.29, 0.717) is 11.0 Å². The van der Waals surface area contributed by atoms with Gasteiger partial charge in [0, 0.05) is 0 Å². The smallest absolute Gasteiger partial charge is 0.225 e. The molecule has 5 nitrogen and oxygen atoms in total. The Morgan fingerprint density at radius 3 is 2.57 bits per heavy atom. The van der Waals surface area contributed by atoms with Crippen molar-refractivity contribution in [3.63, 3.8) is 0 Å². The van der Waals surface area contributed by atoms with Crippen LogP contribution in [0.3, 0.4) is 0 Å². The van der Waals surface area contributed by atoms with Gasteiger partial charge in [-0.25, -0.2) is 13.6 Å². The minimum absolute atomic E-state index is 0.0341. The van der Waals surface area contributed by atoms with Crippen molar-refractivity contribution < 1.29 is 8.42 Å². The fourth-order valence-corrected chi connectivity index (χ4v) is 2.54. The number of aryl methyl sites for hydroxylation is 1. The molecule has 2 rings (SSSR count). The molecule has 0 atom stereocenters. The summed E-state index contributed by atoms with van der Waals surface area (Å²) in [4.78, 5) is 0.0341. The Hall–Kier alpha value is -1.05. The molecule has 0 saturated carbocycles. The highest BCUT2D eigenvalue weighted by Crippen LogP contribution is 2.22. The molecule has 0 spiro atoms. The van der Waals surface area contributed by atoms with E-state index in [1.165, 1.54) is 6.07 Å². The highest BCUT2D eigenvalue weighted by Gasteiger charge is 2.16. The summed E-state index contributed by atoms with van der Waals surface area (Å²) in [7, 11) is -3.71. The number of sulfonamides is 1. The van der Waals surface area contributed by atoms with Crippen molar-refractivity contribution in [1.29, 1.82) is 0 Å².